The Balaban J connectivity index is 2.73. The van der Waals surface area contributed by atoms with E-state index in [1.54, 1.807) is 13.8 Å². The van der Waals surface area contributed by atoms with E-state index in [9.17, 15) is 18.0 Å². The lowest BCUT2D eigenvalue weighted by Crippen LogP contribution is -2.51. The Morgan fingerprint density at radius 3 is 2.35 bits per heavy atom. The van der Waals surface area contributed by atoms with Gasteiger partial charge < -0.3 is 10.6 Å². The molecule has 1 unspecified atom stereocenters. The van der Waals surface area contributed by atoms with E-state index in [0.717, 1.165) is 17.7 Å². The van der Waals surface area contributed by atoms with Crippen LogP contribution < -0.4 is 5.73 Å². The van der Waals surface area contributed by atoms with Crippen molar-refractivity contribution in [2.45, 2.75) is 51.4 Å². The molecule has 0 saturated heterocycles. The highest BCUT2D eigenvalue weighted by Crippen LogP contribution is 2.36. The minimum Gasteiger partial charge on any atom is -0.329 e. The third-order valence-corrected chi connectivity index (χ3v) is 3.19. The number of alkyl halides is 3. The fraction of sp³-hybridized carbons (Fsp3) is 0.909. The highest BCUT2D eigenvalue weighted by Gasteiger charge is 2.41. The second-order valence-electron chi connectivity index (χ2n) is 4.67. The SMILES string of the molecule is CC[C@H](N)C(=O)N(CC(F)(F)F)C(C)C1CC1. The van der Waals surface area contributed by atoms with Crippen molar-refractivity contribution in [3.8, 4) is 0 Å². The second-order valence-corrected chi connectivity index (χ2v) is 4.67. The summed E-state index contributed by atoms with van der Waals surface area (Å²) in [6.07, 6.45) is -2.23. The fourth-order valence-corrected chi connectivity index (χ4v) is 1.84. The molecular weight excluding hydrogens is 233 g/mol. The van der Waals surface area contributed by atoms with Crippen LogP contribution in [0.1, 0.15) is 33.1 Å². The predicted octanol–water partition coefficient (Wildman–Crippen LogP) is 1.91. The molecule has 1 rings (SSSR count). The first-order chi connectivity index (χ1) is 7.76. The molecule has 100 valence electrons. The van der Waals surface area contributed by atoms with Crippen molar-refractivity contribution in [2.75, 3.05) is 6.54 Å². The van der Waals surface area contributed by atoms with Crippen molar-refractivity contribution in [1.82, 2.24) is 4.90 Å². The molecule has 0 bridgehead atoms. The highest BCUT2D eigenvalue weighted by molar-refractivity contribution is 5.82. The monoisotopic (exact) mass is 252 g/mol. The van der Waals surface area contributed by atoms with E-state index in [-0.39, 0.29) is 12.0 Å². The Morgan fingerprint density at radius 2 is 2.00 bits per heavy atom. The quantitative estimate of drug-likeness (QED) is 0.812. The average molecular weight is 252 g/mol. The van der Waals surface area contributed by atoms with Gasteiger partial charge in [-0.3, -0.25) is 4.79 Å². The van der Waals surface area contributed by atoms with Gasteiger partial charge in [-0.05, 0) is 32.1 Å². The van der Waals surface area contributed by atoms with Crippen LogP contribution in [0.25, 0.3) is 0 Å². The van der Waals surface area contributed by atoms with Gasteiger partial charge in [-0.1, -0.05) is 6.92 Å². The van der Waals surface area contributed by atoms with Gasteiger partial charge in [0.05, 0.1) is 6.04 Å². The molecule has 3 nitrogen and oxygen atoms in total. The number of rotatable bonds is 5. The smallest absolute Gasteiger partial charge is 0.329 e. The summed E-state index contributed by atoms with van der Waals surface area (Å²) in [4.78, 5) is 12.7. The van der Waals surface area contributed by atoms with Crippen LogP contribution in [0.4, 0.5) is 13.2 Å². The number of carbonyl (C=O) groups excluding carboxylic acids is 1. The Kier molecular flexibility index (Phi) is 4.41. The van der Waals surface area contributed by atoms with Crippen LogP contribution in [-0.2, 0) is 4.79 Å². The lowest BCUT2D eigenvalue weighted by molar-refractivity contribution is -0.166. The Morgan fingerprint density at radius 1 is 1.47 bits per heavy atom. The number of nitrogens with two attached hydrogens (primary N) is 1. The van der Waals surface area contributed by atoms with Crippen molar-refractivity contribution in [1.29, 1.82) is 0 Å². The van der Waals surface area contributed by atoms with Gasteiger partial charge in [0.1, 0.15) is 6.54 Å². The van der Waals surface area contributed by atoms with Crippen molar-refractivity contribution in [3.05, 3.63) is 0 Å². The zero-order valence-corrected chi connectivity index (χ0v) is 10.1. The number of nitrogens with zero attached hydrogens (tertiary/aromatic N) is 1. The van der Waals surface area contributed by atoms with Gasteiger partial charge in [0.2, 0.25) is 5.91 Å². The zero-order chi connectivity index (χ0) is 13.2. The van der Waals surface area contributed by atoms with Crippen molar-refractivity contribution < 1.29 is 18.0 Å². The first-order valence-corrected chi connectivity index (χ1v) is 5.89. The van der Waals surface area contributed by atoms with E-state index in [1.807, 2.05) is 0 Å². The number of carbonyl (C=O) groups is 1. The molecule has 17 heavy (non-hydrogen) atoms. The van der Waals surface area contributed by atoms with Crippen molar-refractivity contribution >= 4 is 5.91 Å². The molecule has 1 fully saturated rings. The molecule has 1 saturated carbocycles. The number of halogens is 3. The topological polar surface area (TPSA) is 46.3 Å². The first-order valence-electron chi connectivity index (χ1n) is 5.89. The molecule has 2 atom stereocenters. The van der Waals surface area contributed by atoms with E-state index >= 15 is 0 Å². The number of hydrogen-bond donors (Lipinski definition) is 1. The van der Waals surface area contributed by atoms with Crippen LogP contribution >= 0.6 is 0 Å². The van der Waals surface area contributed by atoms with E-state index in [4.69, 9.17) is 5.73 Å². The first kappa shape index (κ1) is 14.3. The maximum Gasteiger partial charge on any atom is 0.406 e. The van der Waals surface area contributed by atoms with Gasteiger partial charge in [-0.2, -0.15) is 13.2 Å². The summed E-state index contributed by atoms with van der Waals surface area (Å²) in [5.74, 6) is -0.394. The largest absolute Gasteiger partial charge is 0.406 e. The summed E-state index contributed by atoms with van der Waals surface area (Å²) in [5, 5.41) is 0. The van der Waals surface area contributed by atoms with Crippen LogP contribution in [0.3, 0.4) is 0 Å². The van der Waals surface area contributed by atoms with Gasteiger partial charge >= 0.3 is 6.18 Å². The van der Waals surface area contributed by atoms with Gasteiger partial charge in [0, 0.05) is 6.04 Å². The molecule has 6 heteroatoms. The standard InChI is InChI=1S/C11H19F3N2O/c1-3-9(15)10(17)16(6-11(12,13)14)7(2)8-4-5-8/h7-9H,3-6,15H2,1-2H3/t7?,9-/m0/s1. The van der Waals surface area contributed by atoms with Gasteiger partial charge in [-0.15, -0.1) is 0 Å². The number of hydrogen-bond acceptors (Lipinski definition) is 2. The molecule has 0 radical (unpaired) electrons. The minimum atomic E-state index is -4.37. The van der Waals surface area contributed by atoms with E-state index in [1.165, 1.54) is 0 Å². The third kappa shape index (κ3) is 4.18. The maximum absolute atomic E-state index is 12.4. The molecule has 0 aromatic carbocycles. The zero-order valence-electron chi connectivity index (χ0n) is 10.1. The Bertz CT molecular complexity index is 276. The van der Waals surface area contributed by atoms with Gasteiger partial charge in [0.15, 0.2) is 0 Å². The summed E-state index contributed by atoms with van der Waals surface area (Å²) < 4.78 is 37.3. The summed E-state index contributed by atoms with van der Waals surface area (Å²) in [7, 11) is 0. The van der Waals surface area contributed by atoms with Crippen molar-refractivity contribution in [2.24, 2.45) is 11.7 Å². The Labute approximate surface area is 99.1 Å². The lowest BCUT2D eigenvalue weighted by atomic mass is 10.1. The molecule has 0 spiro atoms. The summed E-state index contributed by atoms with van der Waals surface area (Å²) >= 11 is 0. The highest BCUT2D eigenvalue weighted by atomic mass is 19.4. The van der Waals surface area contributed by atoms with Crippen LogP contribution in [0.5, 0.6) is 0 Å². The summed E-state index contributed by atoms with van der Waals surface area (Å²) in [6, 6.07) is -1.21. The van der Waals surface area contributed by atoms with Crippen LogP contribution in [0.15, 0.2) is 0 Å². The minimum absolute atomic E-state index is 0.199. The van der Waals surface area contributed by atoms with Crippen LogP contribution in [0, 0.1) is 5.92 Å². The van der Waals surface area contributed by atoms with Crippen molar-refractivity contribution in [3.63, 3.8) is 0 Å². The molecular formula is C11H19F3N2O. The van der Waals surface area contributed by atoms with Crippen LogP contribution in [0.2, 0.25) is 0 Å². The van der Waals surface area contributed by atoms with Crippen LogP contribution in [-0.4, -0.2) is 35.6 Å². The molecule has 0 aromatic heterocycles. The fourth-order valence-electron chi connectivity index (χ4n) is 1.84. The predicted molar refractivity (Wildman–Crippen MR) is 58.2 cm³/mol. The Hall–Kier alpha value is -0.780. The van der Waals surface area contributed by atoms with Gasteiger partial charge in [0.25, 0.3) is 0 Å². The van der Waals surface area contributed by atoms with E-state index in [0.29, 0.717) is 6.42 Å². The summed E-state index contributed by atoms with van der Waals surface area (Å²) in [6.45, 7) is 2.16. The number of amides is 1. The van der Waals surface area contributed by atoms with Gasteiger partial charge in [-0.25, -0.2) is 0 Å². The lowest BCUT2D eigenvalue weighted by Gasteiger charge is -2.32. The second kappa shape index (κ2) is 5.25. The average Bonchev–Trinajstić information content (AvgIpc) is 3.05. The third-order valence-electron chi connectivity index (χ3n) is 3.19. The van der Waals surface area contributed by atoms with E-state index < -0.39 is 24.7 Å². The normalized spacial score (nSPS) is 19.9. The molecule has 0 aromatic rings. The maximum atomic E-state index is 12.4. The molecule has 2 N–H and O–H groups in total. The molecule has 0 heterocycles. The molecule has 1 aliphatic carbocycles. The molecule has 0 aliphatic heterocycles. The van der Waals surface area contributed by atoms with E-state index in [2.05, 4.69) is 0 Å². The summed E-state index contributed by atoms with van der Waals surface area (Å²) in [5.41, 5.74) is 5.54. The molecule has 1 aliphatic rings. The molecule has 1 amide bonds.